The zero-order valence-electron chi connectivity index (χ0n) is 11.9. The molecule has 1 aliphatic heterocycles. The first-order valence-corrected chi connectivity index (χ1v) is 6.86. The number of nitrogens with zero attached hydrogens (tertiary/aromatic N) is 1. The summed E-state index contributed by atoms with van der Waals surface area (Å²) in [4.78, 5) is 2.20. The number of β-amino-alcohol motifs (C(OH)–C–C–N with tert-alkyl or cyclic N) is 1. The number of hydrogen-bond donors (Lipinski definition) is 2. The van der Waals surface area contributed by atoms with Crippen LogP contribution in [-0.4, -0.2) is 47.0 Å². The van der Waals surface area contributed by atoms with Gasteiger partial charge < -0.3 is 10.2 Å². The third-order valence-electron chi connectivity index (χ3n) is 3.42. The number of allylic oxidation sites excluding steroid dienone is 3. The Balaban J connectivity index is 2.28. The Bertz CT molecular complexity index is 306. The SMILES string of the molecule is CC(C)=CCC/C(C)=C/CN1CC[C@H](O)[C@@H](O)C1. The van der Waals surface area contributed by atoms with Crippen LogP contribution in [-0.2, 0) is 0 Å². The van der Waals surface area contributed by atoms with Gasteiger partial charge in [0.1, 0.15) is 0 Å². The van der Waals surface area contributed by atoms with E-state index in [0.29, 0.717) is 13.0 Å². The summed E-state index contributed by atoms with van der Waals surface area (Å²) in [6.45, 7) is 8.74. The molecule has 0 aromatic heterocycles. The Morgan fingerprint density at radius 3 is 2.50 bits per heavy atom. The lowest BCUT2D eigenvalue weighted by atomic mass is 10.0. The first kappa shape index (κ1) is 15.4. The van der Waals surface area contributed by atoms with Crippen molar-refractivity contribution in [1.29, 1.82) is 0 Å². The van der Waals surface area contributed by atoms with E-state index >= 15 is 0 Å². The van der Waals surface area contributed by atoms with Gasteiger partial charge in [0.15, 0.2) is 0 Å². The lowest BCUT2D eigenvalue weighted by Gasteiger charge is -2.32. The average Bonchev–Trinajstić information content (AvgIpc) is 2.30. The van der Waals surface area contributed by atoms with Gasteiger partial charge in [-0.05, 0) is 40.0 Å². The number of hydrogen-bond acceptors (Lipinski definition) is 3. The van der Waals surface area contributed by atoms with Crippen molar-refractivity contribution >= 4 is 0 Å². The monoisotopic (exact) mass is 253 g/mol. The lowest BCUT2D eigenvalue weighted by Crippen LogP contribution is -2.46. The molecule has 18 heavy (non-hydrogen) atoms. The molecule has 0 aromatic rings. The summed E-state index contributed by atoms with van der Waals surface area (Å²) in [6.07, 6.45) is 6.26. The number of piperidine rings is 1. The normalized spacial score (nSPS) is 26.2. The first-order valence-electron chi connectivity index (χ1n) is 6.86. The van der Waals surface area contributed by atoms with Crippen molar-refractivity contribution in [3.8, 4) is 0 Å². The second-order valence-corrected chi connectivity index (χ2v) is 5.55. The van der Waals surface area contributed by atoms with E-state index in [1.807, 2.05) is 0 Å². The molecule has 3 nitrogen and oxygen atoms in total. The fraction of sp³-hybridized carbons (Fsp3) is 0.733. The Morgan fingerprint density at radius 2 is 1.89 bits per heavy atom. The fourth-order valence-electron chi connectivity index (χ4n) is 2.13. The summed E-state index contributed by atoms with van der Waals surface area (Å²) >= 11 is 0. The largest absolute Gasteiger partial charge is 0.390 e. The van der Waals surface area contributed by atoms with Crippen molar-refractivity contribution in [3.63, 3.8) is 0 Å². The standard InChI is InChI=1S/C15H27NO2/c1-12(2)5-4-6-13(3)7-9-16-10-8-14(17)15(18)11-16/h5,7,14-15,17-18H,4,6,8-11H2,1-3H3/b13-7+/t14-,15-/m0/s1. The molecule has 2 N–H and O–H groups in total. The molecule has 3 heteroatoms. The van der Waals surface area contributed by atoms with Crippen molar-refractivity contribution in [2.24, 2.45) is 0 Å². The van der Waals surface area contributed by atoms with Gasteiger partial charge >= 0.3 is 0 Å². The van der Waals surface area contributed by atoms with E-state index in [9.17, 15) is 10.2 Å². The third-order valence-corrected chi connectivity index (χ3v) is 3.42. The van der Waals surface area contributed by atoms with Crippen LogP contribution >= 0.6 is 0 Å². The highest BCUT2D eigenvalue weighted by molar-refractivity contribution is 5.03. The van der Waals surface area contributed by atoms with E-state index in [-0.39, 0.29) is 0 Å². The van der Waals surface area contributed by atoms with E-state index in [4.69, 9.17) is 0 Å². The quantitative estimate of drug-likeness (QED) is 0.738. The smallest absolute Gasteiger partial charge is 0.0926 e. The van der Waals surface area contributed by atoms with Crippen molar-refractivity contribution in [1.82, 2.24) is 4.90 Å². The number of aliphatic hydroxyl groups is 2. The second kappa shape index (κ2) is 7.72. The van der Waals surface area contributed by atoms with E-state index in [1.54, 1.807) is 0 Å². The molecule has 0 radical (unpaired) electrons. The predicted molar refractivity (Wildman–Crippen MR) is 75.5 cm³/mol. The molecule has 1 aliphatic rings. The maximum atomic E-state index is 9.60. The molecule has 0 bridgehead atoms. The summed E-state index contributed by atoms with van der Waals surface area (Å²) < 4.78 is 0. The Morgan fingerprint density at radius 1 is 1.17 bits per heavy atom. The molecular weight excluding hydrogens is 226 g/mol. The Hall–Kier alpha value is -0.640. The highest BCUT2D eigenvalue weighted by atomic mass is 16.3. The molecular formula is C15H27NO2. The van der Waals surface area contributed by atoms with Crippen LogP contribution in [0.2, 0.25) is 0 Å². The molecule has 2 atom stereocenters. The third kappa shape index (κ3) is 5.80. The first-order chi connectivity index (χ1) is 8.49. The number of rotatable bonds is 5. The van der Waals surface area contributed by atoms with Crippen molar-refractivity contribution in [3.05, 3.63) is 23.3 Å². The summed E-state index contributed by atoms with van der Waals surface area (Å²) in [5.41, 5.74) is 2.77. The van der Waals surface area contributed by atoms with E-state index in [0.717, 1.165) is 25.9 Å². The van der Waals surface area contributed by atoms with Gasteiger partial charge in [0.05, 0.1) is 12.2 Å². The molecule has 104 valence electrons. The Kier molecular flexibility index (Phi) is 6.61. The van der Waals surface area contributed by atoms with Gasteiger partial charge in [0, 0.05) is 19.6 Å². The molecule has 0 amide bonds. The van der Waals surface area contributed by atoms with Crippen LogP contribution in [0.25, 0.3) is 0 Å². The zero-order chi connectivity index (χ0) is 13.5. The van der Waals surface area contributed by atoms with Gasteiger partial charge in [-0.1, -0.05) is 23.3 Å². The number of aliphatic hydroxyl groups excluding tert-OH is 2. The fourth-order valence-corrected chi connectivity index (χ4v) is 2.13. The van der Waals surface area contributed by atoms with Crippen LogP contribution in [0.3, 0.4) is 0 Å². The minimum Gasteiger partial charge on any atom is -0.390 e. The molecule has 0 unspecified atom stereocenters. The van der Waals surface area contributed by atoms with Crippen LogP contribution in [0, 0.1) is 0 Å². The molecule has 1 saturated heterocycles. The molecule has 0 saturated carbocycles. The van der Waals surface area contributed by atoms with Crippen LogP contribution < -0.4 is 0 Å². The minimum atomic E-state index is -0.585. The van der Waals surface area contributed by atoms with Gasteiger partial charge in [-0.25, -0.2) is 0 Å². The van der Waals surface area contributed by atoms with E-state index < -0.39 is 12.2 Å². The maximum Gasteiger partial charge on any atom is 0.0926 e. The van der Waals surface area contributed by atoms with Gasteiger partial charge in [-0.15, -0.1) is 0 Å². The lowest BCUT2D eigenvalue weighted by molar-refractivity contribution is -0.0354. The Labute approximate surface area is 111 Å². The summed E-state index contributed by atoms with van der Waals surface area (Å²) in [7, 11) is 0. The van der Waals surface area contributed by atoms with Gasteiger partial charge in [0.25, 0.3) is 0 Å². The highest BCUT2D eigenvalue weighted by Gasteiger charge is 2.24. The highest BCUT2D eigenvalue weighted by Crippen LogP contribution is 2.12. The maximum absolute atomic E-state index is 9.60. The molecule has 1 rings (SSSR count). The van der Waals surface area contributed by atoms with Crippen LogP contribution in [0.4, 0.5) is 0 Å². The summed E-state index contributed by atoms with van der Waals surface area (Å²) in [6, 6.07) is 0. The van der Waals surface area contributed by atoms with Crippen molar-refractivity contribution in [2.75, 3.05) is 19.6 Å². The van der Waals surface area contributed by atoms with Crippen molar-refractivity contribution < 1.29 is 10.2 Å². The second-order valence-electron chi connectivity index (χ2n) is 5.55. The van der Waals surface area contributed by atoms with E-state index in [2.05, 4.69) is 37.8 Å². The van der Waals surface area contributed by atoms with Gasteiger partial charge in [-0.2, -0.15) is 0 Å². The number of likely N-dealkylation sites (tertiary alicyclic amines) is 1. The molecule has 0 aromatic carbocycles. The predicted octanol–water partition coefficient (Wildman–Crippen LogP) is 2.11. The van der Waals surface area contributed by atoms with Gasteiger partial charge in [-0.3, -0.25) is 4.90 Å². The summed E-state index contributed by atoms with van der Waals surface area (Å²) in [5, 5.41) is 19.0. The van der Waals surface area contributed by atoms with Gasteiger partial charge in [0.2, 0.25) is 0 Å². The summed E-state index contributed by atoms with van der Waals surface area (Å²) in [5.74, 6) is 0. The van der Waals surface area contributed by atoms with Crippen molar-refractivity contribution in [2.45, 2.75) is 52.2 Å². The van der Waals surface area contributed by atoms with Crippen LogP contribution in [0.1, 0.15) is 40.0 Å². The average molecular weight is 253 g/mol. The molecule has 0 aliphatic carbocycles. The molecule has 0 spiro atoms. The van der Waals surface area contributed by atoms with Crippen LogP contribution in [0.5, 0.6) is 0 Å². The minimum absolute atomic E-state index is 0.538. The van der Waals surface area contributed by atoms with E-state index in [1.165, 1.54) is 11.1 Å². The topological polar surface area (TPSA) is 43.7 Å². The van der Waals surface area contributed by atoms with Crippen LogP contribution in [0.15, 0.2) is 23.3 Å². The zero-order valence-corrected chi connectivity index (χ0v) is 11.9. The molecule has 1 heterocycles. The molecule has 1 fully saturated rings.